The van der Waals surface area contributed by atoms with E-state index in [1.165, 1.54) is 180 Å². The molecule has 75 heavy (non-hydrogen) atoms. The molecular formula is C69H120O6. The highest BCUT2D eigenvalue weighted by Crippen LogP contribution is 2.16. The zero-order valence-electron chi connectivity index (χ0n) is 49.6. The van der Waals surface area contributed by atoms with E-state index >= 15 is 0 Å². The number of carbonyl (C=O) groups is 3. The molecule has 0 aliphatic heterocycles. The van der Waals surface area contributed by atoms with Crippen LogP contribution in [0.3, 0.4) is 0 Å². The maximum absolute atomic E-state index is 12.9. The Labute approximate surface area is 465 Å². The Hall–Kier alpha value is -3.41. The van der Waals surface area contributed by atoms with E-state index in [0.29, 0.717) is 19.3 Å². The van der Waals surface area contributed by atoms with Crippen molar-refractivity contribution in [2.45, 2.75) is 322 Å². The van der Waals surface area contributed by atoms with Crippen LogP contribution < -0.4 is 0 Å². The lowest BCUT2D eigenvalue weighted by molar-refractivity contribution is -0.167. The molecule has 0 saturated heterocycles. The SMILES string of the molecule is CC/C=C\C/C=C\C/C=C\C/C=C\C/C=C\CCCCCCCCCCCCCC(=O)OCC(COC(=O)CCCCCCC/C=C\CCCC)OC(=O)CCCCCCCCCCC/C=C\CCCCCCCC. The van der Waals surface area contributed by atoms with Gasteiger partial charge in [-0.3, -0.25) is 14.4 Å². The van der Waals surface area contributed by atoms with Crippen molar-refractivity contribution < 1.29 is 28.6 Å². The van der Waals surface area contributed by atoms with Crippen LogP contribution in [0.5, 0.6) is 0 Å². The van der Waals surface area contributed by atoms with Gasteiger partial charge >= 0.3 is 17.9 Å². The number of allylic oxidation sites excluding steroid dienone is 14. The Kier molecular flexibility index (Phi) is 60.3. The summed E-state index contributed by atoms with van der Waals surface area (Å²) in [6.45, 7) is 6.50. The zero-order chi connectivity index (χ0) is 54.3. The molecule has 1 atom stereocenters. The lowest BCUT2D eigenvalue weighted by Crippen LogP contribution is -2.30. The fourth-order valence-electron chi connectivity index (χ4n) is 9.03. The minimum atomic E-state index is -0.782. The van der Waals surface area contributed by atoms with Gasteiger partial charge in [-0.1, -0.05) is 273 Å². The Balaban J connectivity index is 4.25. The summed E-state index contributed by atoms with van der Waals surface area (Å²) in [5.74, 6) is -0.883. The number of unbranched alkanes of at least 4 members (excludes halogenated alkanes) is 33. The van der Waals surface area contributed by atoms with E-state index in [1.54, 1.807) is 0 Å². The van der Waals surface area contributed by atoms with Gasteiger partial charge in [0.25, 0.3) is 0 Å². The average Bonchev–Trinajstić information content (AvgIpc) is 3.41. The summed E-state index contributed by atoms with van der Waals surface area (Å²) in [7, 11) is 0. The standard InChI is InChI=1S/C69H120O6/c1-4-7-10-13-16-19-22-24-26-28-30-31-32-33-34-35-36-37-39-40-42-44-47-50-53-56-59-62-68(71)74-65-66(64-73-67(70)61-58-55-52-49-46-21-18-15-12-9-6-3)75-69(72)63-60-57-54-51-48-45-43-41-38-29-27-25-23-20-17-14-11-8-5-2/h7,10,15-16,18-19,24-27,30-31,33-34,66H,4-6,8-9,11-14,17,20-23,28-29,32,35-65H2,1-3H3/b10-7-,18-15-,19-16-,26-24-,27-25-,31-30-,34-33-. The van der Waals surface area contributed by atoms with E-state index in [-0.39, 0.29) is 31.1 Å². The summed E-state index contributed by atoms with van der Waals surface area (Å²) in [5, 5.41) is 0. The van der Waals surface area contributed by atoms with Gasteiger partial charge in [0, 0.05) is 19.3 Å². The summed E-state index contributed by atoms with van der Waals surface area (Å²) in [5.41, 5.74) is 0. The fraction of sp³-hybridized carbons (Fsp3) is 0.754. The quantitative estimate of drug-likeness (QED) is 0.0261. The molecule has 0 saturated carbocycles. The zero-order valence-corrected chi connectivity index (χ0v) is 49.6. The van der Waals surface area contributed by atoms with Crippen molar-refractivity contribution in [3.8, 4) is 0 Å². The molecule has 0 radical (unpaired) electrons. The van der Waals surface area contributed by atoms with Crippen molar-refractivity contribution in [2.24, 2.45) is 0 Å². The molecule has 6 heteroatoms. The normalized spacial score (nSPS) is 12.6. The third-order valence-corrected chi connectivity index (χ3v) is 13.9. The summed E-state index contributed by atoms with van der Waals surface area (Å²) in [6, 6.07) is 0. The lowest BCUT2D eigenvalue weighted by Gasteiger charge is -2.18. The monoisotopic (exact) mass is 1040 g/mol. The van der Waals surface area contributed by atoms with E-state index in [4.69, 9.17) is 14.2 Å². The molecule has 0 spiro atoms. The molecule has 0 aromatic carbocycles. The van der Waals surface area contributed by atoms with Gasteiger partial charge in [0.15, 0.2) is 6.10 Å². The molecule has 0 amide bonds. The molecule has 0 bridgehead atoms. The van der Waals surface area contributed by atoms with Gasteiger partial charge in [-0.2, -0.15) is 0 Å². The first kappa shape index (κ1) is 71.6. The van der Waals surface area contributed by atoms with Crippen LogP contribution in [0.1, 0.15) is 316 Å². The minimum Gasteiger partial charge on any atom is -0.462 e. The number of carbonyl (C=O) groups excluding carboxylic acids is 3. The molecule has 0 fully saturated rings. The maximum Gasteiger partial charge on any atom is 0.306 e. The van der Waals surface area contributed by atoms with Crippen LogP contribution in [-0.4, -0.2) is 37.2 Å². The van der Waals surface area contributed by atoms with Crippen molar-refractivity contribution in [3.05, 3.63) is 85.1 Å². The third kappa shape index (κ3) is 61.3. The Morgan fingerprint density at radius 3 is 0.867 bits per heavy atom. The minimum absolute atomic E-state index is 0.0798. The molecule has 0 aliphatic carbocycles. The molecular weight excluding hydrogens is 925 g/mol. The Morgan fingerprint density at radius 2 is 0.533 bits per heavy atom. The van der Waals surface area contributed by atoms with Crippen LogP contribution in [0.4, 0.5) is 0 Å². The number of rotatable bonds is 58. The maximum atomic E-state index is 12.9. The first-order valence-corrected chi connectivity index (χ1v) is 32.1. The summed E-state index contributed by atoms with van der Waals surface area (Å²) in [4.78, 5) is 38.2. The van der Waals surface area contributed by atoms with Crippen molar-refractivity contribution in [1.29, 1.82) is 0 Å². The Bertz CT molecular complexity index is 1430. The van der Waals surface area contributed by atoms with Crippen LogP contribution in [0.25, 0.3) is 0 Å². The van der Waals surface area contributed by atoms with Gasteiger partial charge < -0.3 is 14.2 Å². The molecule has 0 aromatic rings. The van der Waals surface area contributed by atoms with Gasteiger partial charge in [0.1, 0.15) is 13.2 Å². The van der Waals surface area contributed by atoms with E-state index < -0.39 is 6.10 Å². The number of hydrogen-bond acceptors (Lipinski definition) is 6. The number of esters is 3. The van der Waals surface area contributed by atoms with Gasteiger partial charge in [0.05, 0.1) is 0 Å². The summed E-state index contributed by atoms with van der Waals surface area (Å²) >= 11 is 0. The highest BCUT2D eigenvalue weighted by Gasteiger charge is 2.19. The second-order valence-electron chi connectivity index (χ2n) is 21.3. The molecule has 0 aliphatic rings. The van der Waals surface area contributed by atoms with Crippen molar-refractivity contribution in [3.63, 3.8) is 0 Å². The summed E-state index contributed by atoms with van der Waals surface area (Å²) in [6.07, 6.45) is 83.1. The van der Waals surface area contributed by atoms with Crippen LogP contribution in [0, 0.1) is 0 Å². The van der Waals surface area contributed by atoms with Crippen molar-refractivity contribution >= 4 is 17.9 Å². The second kappa shape index (κ2) is 63.1. The molecule has 0 rings (SSSR count). The van der Waals surface area contributed by atoms with Crippen molar-refractivity contribution in [1.82, 2.24) is 0 Å². The van der Waals surface area contributed by atoms with Gasteiger partial charge in [-0.25, -0.2) is 0 Å². The molecule has 1 unspecified atom stereocenters. The molecule has 6 nitrogen and oxygen atoms in total. The molecule has 0 aromatic heterocycles. The smallest absolute Gasteiger partial charge is 0.306 e. The van der Waals surface area contributed by atoms with Crippen molar-refractivity contribution in [2.75, 3.05) is 13.2 Å². The van der Waals surface area contributed by atoms with E-state index in [1.807, 2.05) is 0 Å². The van der Waals surface area contributed by atoms with Crippen LogP contribution in [0.2, 0.25) is 0 Å². The topological polar surface area (TPSA) is 78.9 Å². The Morgan fingerprint density at radius 1 is 0.280 bits per heavy atom. The second-order valence-corrected chi connectivity index (χ2v) is 21.3. The average molecular weight is 1050 g/mol. The van der Waals surface area contributed by atoms with E-state index in [2.05, 4.69) is 106 Å². The van der Waals surface area contributed by atoms with Crippen LogP contribution >= 0.6 is 0 Å². The first-order valence-electron chi connectivity index (χ1n) is 32.1. The predicted octanol–water partition coefficient (Wildman–Crippen LogP) is 21.9. The highest BCUT2D eigenvalue weighted by molar-refractivity contribution is 5.71. The lowest BCUT2D eigenvalue weighted by atomic mass is 10.0. The van der Waals surface area contributed by atoms with Gasteiger partial charge in [0.2, 0.25) is 0 Å². The summed E-state index contributed by atoms with van der Waals surface area (Å²) < 4.78 is 16.9. The number of hydrogen-bond donors (Lipinski definition) is 0. The molecule has 0 N–H and O–H groups in total. The van der Waals surface area contributed by atoms with Crippen LogP contribution in [0.15, 0.2) is 85.1 Å². The largest absolute Gasteiger partial charge is 0.462 e. The fourth-order valence-corrected chi connectivity index (χ4v) is 9.03. The molecule has 0 heterocycles. The van der Waals surface area contributed by atoms with E-state index in [0.717, 1.165) is 96.3 Å². The predicted molar refractivity (Wildman–Crippen MR) is 325 cm³/mol. The van der Waals surface area contributed by atoms with E-state index in [9.17, 15) is 14.4 Å². The highest BCUT2D eigenvalue weighted by atomic mass is 16.6. The molecule has 432 valence electrons. The van der Waals surface area contributed by atoms with Gasteiger partial charge in [-0.15, -0.1) is 0 Å². The third-order valence-electron chi connectivity index (χ3n) is 13.9. The first-order chi connectivity index (χ1) is 37.0. The number of ether oxygens (including phenoxy) is 3. The van der Waals surface area contributed by atoms with Crippen LogP contribution in [-0.2, 0) is 28.6 Å². The van der Waals surface area contributed by atoms with Gasteiger partial charge in [-0.05, 0) is 109 Å².